The number of carbonyl (C=O) groups is 1. The van der Waals surface area contributed by atoms with Gasteiger partial charge in [0.1, 0.15) is 29.2 Å². The second kappa shape index (κ2) is 14.5. The van der Waals surface area contributed by atoms with Crippen molar-refractivity contribution in [3.05, 3.63) is 59.3 Å². The molecule has 13 heteroatoms. The van der Waals surface area contributed by atoms with E-state index in [2.05, 4.69) is 15.0 Å². The van der Waals surface area contributed by atoms with Crippen molar-refractivity contribution in [3.8, 4) is 17.2 Å². The average Bonchev–Trinajstić information content (AvgIpc) is 2.84. The van der Waals surface area contributed by atoms with Crippen LogP contribution in [0.5, 0.6) is 17.2 Å². The van der Waals surface area contributed by atoms with Crippen LogP contribution in [0.4, 0.5) is 0 Å². The molecule has 0 radical (unpaired) electrons. The van der Waals surface area contributed by atoms with Crippen molar-refractivity contribution in [3.63, 3.8) is 0 Å². The van der Waals surface area contributed by atoms with E-state index in [1.807, 2.05) is 0 Å². The standard InChI is InChI=1S/C24H31ClN4O7S/c1-16(15-34-4)35-18-11-17(24(30)29-23(26)7-8-27-2)12-19(13-18)36-22-6-5-20(14-21(22)25)37(31,32)28-9-10-33-3/h5-8,11-14,16,27-28H,9-10,15H2,1-4H3,(H2,26,29,30)/b8-7-/t16-/m0/s1. The minimum Gasteiger partial charge on any atom is -0.488 e. The minimum atomic E-state index is -3.79. The molecule has 0 fully saturated rings. The van der Waals surface area contributed by atoms with Gasteiger partial charge in [-0.25, -0.2) is 13.1 Å². The molecule has 0 saturated carbocycles. The summed E-state index contributed by atoms with van der Waals surface area (Å²) in [7, 11) is 0.907. The summed E-state index contributed by atoms with van der Waals surface area (Å²) in [6, 6.07) is 8.53. The number of ether oxygens (including phenoxy) is 4. The maximum absolute atomic E-state index is 12.8. The SMILES string of the molecule is CN/C=C\C(N)=NC(=O)c1cc(Oc2ccc(S(=O)(=O)NCCOC)cc2Cl)cc(O[C@@H](C)COC)c1. The zero-order valence-corrected chi connectivity index (χ0v) is 22.6. The molecule has 1 atom stereocenters. The number of methoxy groups -OCH3 is 2. The van der Waals surface area contributed by atoms with Crippen LogP contribution in [0.3, 0.4) is 0 Å². The molecule has 0 bridgehead atoms. The summed E-state index contributed by atoms with van der Waals surface area (Å²) in [5, 5.41) is 2.80. The molecule has 2 rings (SSSR count). The average molecular weight is 555 g/mol. The lowest BCUT2D eigenvalue weighted by Crippen LogP contribution is -2.27. The molecule has 37 heavy (non-hydrogen) atoms. The Morgan fingerprint density at radius 1 is 1.16 bits per heavy atom. The Labute approximate surface area is 221 Å². The zero-order chi connectivity index (χ0) is 27.4. The Bertz CT molecular complexity index is 1240. The number of benzene rings is 2. The molecule has 0 unspecified atom stereocenters. The highest BCUT2D eigenvalue weighted by atomic mass is 35.5. The van der Waals surface area contributed by atoms with Crippen molar-refractivity contribution in [2.45, 2.75) is 17.9 Å². The summed E-state index contributed by atoms with van der Waals surface area (Å²) in [5.41, 5.74) is 5.92. The first-order valence-corrected chi connectivity index (χ1v) is 12.9. The van der Waals surface area contributed by atoms with E-state index in [9.17, 15) is 13.2 Å². The third-order valence-electron chi connectivity index (χ3n) is 4.56. The number of carbonyl (C=O) groups excluding carboxylic acids is 1. The molecule has 1 amide bonds. The van der Waals surface area contributed by atoms with Gasteiger partial charge in [0.2, 0.25) is 10.0 Å². The predicted molar refractivity (Wildman–Crippen MR) is 141 cm³/mol. The smallest absolute Gasteiger partial charge is 0.279 e. The van der Waals surface area contributed by atoms with Crippen LogP contribution in [0, 0.1) is 0 Å². The molecule has 0 aliphatic rings. The third kappa shape index (κ3) is 9.67. The Morgan fingerprint density at radius 2 is 1.89 bits per heavy atom. The highest BCUT2D eigenvalue weighted by molar-refractivity contribution is 7.89. The van der Waals surface area contributed by atoms with Crippen LogP contribution in [-0.4, -0.2) is 67.3 Å². The van der Waals surface area contributed by atoms with Crippen LogP contribution in [0.1, 0.15) is 17.3 Å². The maximum Gasteiger partial charge on any atom is 0.279 e. The van der Waals surface area contributed by atoms with Gasteiger partial charge in [-0.1, -0.05) is 11.6 Å². The molecule has 0 spiro atoms. The lowest BCUT2D eigenvalue weighted by Gasteiger charge is -2.16. The molecule has 2 aromatic carbocycles. The number of rotatable bonds is 14. The number of amidine groups is 1. The second-order valence-corrected chi connectivity index (χ2v) is 9.80. The van der Waals surface area contributed by atoms with Gasteiger partial charge in [0.15, 0.2) is 0 Å². The number of nitrogens with one attached hydrogen (secondary N) is 2. The summed E-state index contributed by atoms with van der Waals surface area (Å²) < 4.78 is 49.0. The summed E-state index contributed by atoms with van der Waals surface area (Å²) in [6.07, 6.45) is 2.65. The van der Waals surface area contributed by atoms with Gasteiger partial charge in [-0.2, -0.15) is 4.99 Å². The molecule has 2 aromatic rings. The Morgan fingerprint density at radius 3 is 2.54 bits per heavy atom. The van der Waals surface area contributed by atoms with Crippen molar-refractivity contribution in [2.24, 2.45) is 10.7 Å². The number of sulfonamides is 1. The van der Waals surface area contributed by atoms with Gasteiger partial charge in [-0.05, 0) is 49.5 Å². The largest absolute Gasteiger partial charge is 0.488 e. The van der Waals surface area contributed by atoms with Crippen molar-refractivity contribution in [1.82, 2.24) is 10.0 Å². The second-order valence-electron chi connectivity index (χ2n) is 7.63. The Kier molecular flexibility index (Phi) is 11.8. The number of nitrogens with two attached hydrogens (primary N) is 1. The summed E-state index contributed by atoms with van der Waals surface area (Å²) in [5.74, 6) is 0.0729. The first-order chi connectivity index (χ1) is 17.6. The van der Waals surface area contributed by atoms with E-state index in [1.54, 1.807) is 27.1 Å². The van der Waals surface area contributed by atoms with Crippen LogP contribution >= 0.6 is 11.6 Å². The monoisotopic (exact) mass is 554 g/mol. The molecule has 0 aliphatic carbocycles. The number of halogens is 1. The fraction of sp³-hybridized carbons (Fsp3) is 0.333. The number of nitrogens with zero attached hydrogens (tertiary/aromatic N) is 1. The number of aliphatic imine (C=N–C) groups is 1. The highest BCUT2D eigenvalue weighted by Crippen LogP contribution is 2.34. The molecule has 4 N–H and O–H groups in total. The summed E-state index contributed by atoms with van der Waals surface area (Å²) in [4.78, 5) is 16.6. The van der Waals surface area contributed by atoms with Gasteiger partial charge >= 0.3 is 0 Å². The maximum atomic E-state index is 12.8. The van der Waals surface area contributed by atoms with Crippen molar-refractivity contribution < 1.29 is 32.2 Å². The minimum absolute atomic E-state index is 0.000146. The van der Waals surface area contributed by atoms with E-state index >= 15 is 0 Å². The lowest BCUT2D eigenvalue weighted by molar-refractivity contribution is 0.0915. The molecule has 11 nitrogen and oxygen atoms in total. The fourth-order valence-corrected chi connectivity index (χ4v) is 4.25. The Hall–Kier alpha value is -3.16. The zero-order valence-electron chi connectivity index (χ0n) is 21.0. The van der Waals surface area contributed by atoms with Crippen molar-refractivity contribution in [1.29, 1.82) is 0 Å². The van der Waals surface area contributed by atoms with Crippen LogP contribution < -0.4 is 25.2 Å². The molecule has 0 saturated heterocycles. The van der Waals surface area contributed by atoms with E-state index in [-0.39, 0.29) is 52.1 Å². The topological polar surface area (TPSA) is 151 Å². The van der Waals surface area contributed by atoms with E-state index < -0.39 is 15.9 Å². The van der Waals surface area contributed by atoms with Gasteiger partial charge < -0.3 is 30.0 Å². The number of hydrogen-bond donors (Lipinski definition) is 3. The molecular weight excluding hydrogens is 524 g/mol. The van der Waals surface area contributed by atoms with E-state index in [4.69, 9.17) is 36.3 Å². The normalized spacial score (nSPS) is 12.9. The van der Waals surface area contributed by atoms with Gasteiger partial charge in [-0.3, -0.25) is 4.79 Å². The quantitative estimate of drug-likeness (QED) is 0.182. The third-order valence-corrected chi connectivity index (χ3v) is 6.31. The number of amides is 1. The fourth-order valence-electron chi connectivity index (χ4n) is 2.93. The van der Waals surface area contributed by atoms with Crippen molar-refractivity contribution in [2.75, 3.05) is 41.0 Å². The summed E-state index contributed by atoms with van der Waals surface area (Å²) in [6.45, 7) is 2.44. The lowest BCUT2D eigenvalue weighted by atomic mass is 10.2. The van der Waals surface area contributed by atoms with Crippen molar-refractivity contribution >= 4 is 33.4 Å². The molecule has 0 heterocycles. The molecule has 0 aliphatic heterocycles. The van der Waals surface area contributed by atoms with Gasteiger partial charge in [0, 0.05) is 39.4 Å². The summed E-state index contributed by atoms with van der Waals surface area (Å²) >= 11 is 6.32. The molecule has 0 aromatic heterocycles. The van der Waals surface area contributed by atoms with E-state index in [0.717, 1.165) is 0 Å². The van der Waals surface area contributed by atoms with Gasteiger partial charge in [-0.15, -0.1) is 0 Å². The van der Waals surface area contributed by atoms with Gasteiger partial charge in [0.25, 0.3) is 5.91 Å². The Balaban J connectivity index is 2.38. The van der Waals surface area contributed by atoms with Crippen LogP contribution in [0.2, 0.25) is 5.02 Å². The predicted octanol–water partition coefficient (Wildman–Crippen LogP) is 2.70. The van der Waals surface area contributed by atoms with Gasteiger partial charge in [0.05, 0.1) is 23.1 Å². The van der Waals surface area contributed by atoms with Crippen LogP contribution in [0.15, 0.2) is 58.6 Å². The van der Waals surface area contributed by atoms with E-state index in [1.165, 1.54) is 49.7 Å². The molecular formula is C24H31ClN4O7S. The molecule has 202 valence electrons. The van der Waals surface area contributed by atoms with E-state index in [0.29, 0.717) is 12.4 Å². The first kappa shape index (κ1) is 30.1. The van der Waals surface area contributed by atoms with Crippen LogP contribution in [0.25, 0.3) is 0 Å². The highest BCUT2D eigenvalue weighted by Gasteiger charge is 2.17. The first-order valence-electron chi connectivity index (χ1n) is 11.1. The number of hydrogen-bond acceptors (Lipinski definition) is 8. The van der Waals surface area contributed by atoms with Crippen LogP contribution in [-0.2, 0) is 19.5 Å².